The number of anilines is 1. The van der Waals surface area contributed by atoms with Crippen molar-refractivity contribution < 1.29 is 0 Å². The van der Waals surface area contributed by atoms with E-state index < -0.39 is 0 Å². The maximum atomic E-state index is 5.21. The Hall–Kier alpha value is -0.990. The largest absolute Gasteiger partial charge is 0.369 e. The van der Waals surface area contributed by atoms with Crippen LogP contribution in [0.25, 0.3) is 0 Å². The molecule has 0 aliphatic heterocycles. The molecule has 0 spiro atoms. The van der Waals surface area contributed by atoms with Crippen molar-refractivity contribution in [3.05, 3.63) is 11.9 Å². The average Bonchev–Trinajstić information content (AvgIpc) is 2.20. The summed E-state index contributed by atoms with van der Waals surface area (Å²) in [6.07, 6.45) is 1.69. The standard InChI is InChI=1S/C4H7N3.C2H6/c1-3-2-6-4(5)7-3;1-2/h2H,1H3,(H3,5,6,7);1-2H3. The maximum absolute atomic E-state index is 5.21. The first-order valence-corrected chi connectivity index (χ1v) is 3.06. The molecule has 1 rings (SSSR count). The van der Waals surface area contributed by atoms with Gasteiger partial charge in [0.15, 0.2) is 5.95 Å². The van der Waals surface area contributed by atoms with Crippen molar-refractivity contribution in [3.8, 4) is 0 Å². The molecule has 3 heteroatoms. The normalized spacial score (nSPS) is 7.89. The van der Waals surface area contributed by atoms with Gasteiger partial charge in [0.05, 0.1) is 0 Å². The third kappa shape index (κ3) is 2.74. The van der Waals surface area contributed by atoms with Crippen molar-refractivity contribution in [1.29, 1.82) is 0 Å². The van der Waals surface area contributed by atoms with Crippen LogP contribution in [-0.4, -0.2) is 9.97 Å². The minimum Gasteiger partial charge on any atom is -0.369 e. The molecule has 0 saturated heterocycles. The topological polar surface area (TPSA) is 54.7 Å². The molecule has 0 aliphatic carbocycles. The monoisotopic (exact) mass is 127 g/mol. The highest BCUT2D eigenvalue weighted by molar-refractivity contribution is 5.16. The number of nitrogens with zero attached hydrogens (tertiary/aromatic N) is 1. The fraction of sp³-hybridized carbons (Fsp3) is 0.500. The van der Waals surface area contributed by atoms with Crippen LogP contribution in [0.4, 0.5) is 5.95 Å². The number of imidazole rings is 1. The van der Waals surface area contributed by atoms with Crippen LogP contribution < -0.4 is 5.73 Å². The van der Waals surface area contributed by atoms with Gasteiger partial charge in [-0.25, -0.2) is 4.98 Å². The summed E-state index contributed by atoms with van der Waals surface area (Å²) in [5.74, 6) is 0.484. The summed E-state index contributed by atoms with van der Waals surface area (Å²) >= 11 is 0. The molecule has 1 aromatic rings. The molecule has 0 bridgehead atoms. The van der Waals surface area contributed by atoms with Gasteiger partial charge in [0.2, 0.25) is 0 Å². The van der Waals surface area contributed by atoms with Crippen molar-refractivity contribution in [2.45, 2.75) is 20.8 Å². The van der Waals surface area contributed by atoms with Crippen LogP contribution in [0, 0.1) is 6.92 Å². The fourth-order valence-corrected chi connectivity index (χ4v) is 0.433. The molecule has 0 unspecified atom stereocenters. The summed E-state index contributed by atoms with van der Waals surface area (Å²) in [5, 5.41) is 0. The Kier molecular flexibility index (Phi) is 3.51. The molecule has 0 saturated carbocycles. The van der Waals surface area contributed by atoms with E-state index in [4.69, 9.17) is 5.73 Å². The summed E-state index contributed by atoms with van der Waals surface area (Å²) < 4.78 is 0. The number of nitrogens with two attached hydrogens (primary N) is 1. The van der Waals surface area contributed by atoms with Crippen LogP contribution in [0.15, 0.2) is 6.20 Å². The number of aromatic nitrogens is 2. The quantitative estimate of drug-likeness (QED) is 0.552. The zero-order valence-electron chi connectivity index (χ0n) is 6.10. The van der Waals surface area contributed by atoms with E-state index in [0.717, 1.165) is 5.69 Å². The van der Waals surface area contributed by atoms with Gasteiger partial charge in [-0.1, -0.05) is 13.8 Å². The van der Waals surface area contributed by atoms with Crippen LogP contribution >= 0.6 is 0 Å². The second kappa shape index (κ2) is 3.95. The second-order valence-corrected chi connectivity index (χ2v) is 1.45. The van der Waals surface area contributed by atoms with Gasteiger partial charge < -0.3 is 10.7 Å². The number of nitrogens with one attached hydrogen (secondary N) is 1. The lowest BCUT2D eigenvalue weighted by molar-refractivity contribution is 1.26. The molecule has 1 aromatic heterocycles. The zero-order chi connectivity index (χ0) is 7.28. The molecule has 3 N–H and O–H groups in total. The van der Waals surface area contributed by atoms with Gasteiger partial charge in [-0.3, -0.25) is 0 Å². The first-order chi connectivity index (χ1) is 4.29. The highest BCUT2D eigenvalue weighted by Crippen LogP contribution is 1.92. The fourth-order valence-electron chi connectivity index (χ4n) is 0.433. The summed E-state index contributed by atoms with van der Waals surface area (Å²) in [6, 6.07) is 0. The van der Waals surface area contributed by atoms with Crippen molar-refractivity contribution >= 4 is 5.95 Å². The molecule has 0 radical (unpaired) electrons. The highest BCUT2D eigenvalue weighted by atomic mass is 15.0. The molecule has 1 heterocycles. The lowest BCUT2D eigenvalue weighted by Gasteiger charge is -1.75. The number of aryl methyl sites for hydroxylation is 1. The summed E-state index contributed by atoms with van der Waals surface area (Å²) in [5.41, 5.74) is 6.21. The van der Waals surface area contributed by atoms with E-state index in [9.17, 15) is 0 Å². The molecule has 0 fully saturated rings. The Morgan fingerprint density at radius 1 is 1.56 bits per heavy atom. The van der Waals surface area contributed by atoms with Crippen LogP contribution in [-0.2, 0) is 0 Å². The lowest BCUT2D eigenvalue weighted by atomic mass is 10.6. The number of hydrogen-bond donors (Lipinski definition) is 2. The number of rotatable bonds is 0. The minimum atomic E-state index is 0.484. The molecule has 0 aliphatic rings. The smallest absolute Gasteiger partial charge is 0.197 e. The van der Waals surface area contributed by atoms with Crippen molar-refractivity contribution in [2.24, 2.45) is 0 Å². The number of nitrogen functional groups attached to an aromatic ring is 1. The van der Waals surface area contributed by atoms with E-state index in [1.54, 1.807) is 6.20 Å². The van der Waals surface area contributed by atoms with Crippen molar-refractivity contribution in [3.63, 3.8) is 0 Å². The van der Waals surface area contributed by atoms with Crippen LogP contribution in [0.3, 0.4) is 0 Å². The van der Waals surface area contributed by atoms with Gasteiger partial charge in [0.1, 0.15) is 0 Å². The molecule has 52 valence electrons. The summed E-state index contributed by atoms with van der Waals surface area (Å²) in [7, 11) is 0. The summed E-state index contributed by atoms with van der Waals surface area (Å²) in [6.45, 7) is 5.91. The third-order valence-electron chi connectivity index (χ3n) is 0.723. The lowest BCUT2D eigenvalue weighted by Crippen LogP contribution is -1.84. The highest BCUT2D eigenvalue weighted by Gasteiger charge is 1.84. The molecule has 3 nitrogen and oxygen atoms in total. The predicted octanol–water partition coefficient (Wildman–Crippen LogP) is 1.33. The Morgan fingerprint density at radius 3 is 2.22 bits per heavy atom. The van der Waals surface area contributed by atoms with Gasteiger partial charge in [-0.05, 0) is 6.92 Å². The first-order valence-electron chi connectivity index (χ1n) is 3.06. The Balaban J connectivity index is 0.000000291. The van der Waals surface area contributed by atoms with Crippen molar-refractivity contribution in [1.82, 2.24) is 9.97 Å². The Bertz CT molecular complexity index is 141. The van der Waals surface area contributed by atoms with E-state index >= 15 is 0 Å². The first kappa shape index (κ1) is 8.01. The van der Waals surface area contributed by atoms with Gasteiger partial charge in [0, 0.05) is 11.9 Å². The molecule has 0 amide bonds. The van der Waals surface area contributed by atoms with E-state index in [-0.39, 0.29) is 0 Å². The van der Waals surface area contributed by atoms with Crippen LogP contribution in [0.2, 0.25) is 0 Å². The maximum Gasteiger partial charge on any atom is 0.197 e. The van der Waals surface area contributed by atoms with E-state index in [2.05, 4.69) is 9.97 Å². The van der Waals surface area contributed by atoms with Gasteiger partial charge >= 0.3 is 0 Å². The van der Waals surface area contributed by atoms with E-state index in [0.29, 0.717) is 5.95 Å². The summed E-state index contributed by atoms with van der Waals surface area (Å²) in [4.78, 5) is 6.54. The molecule has 0 atom stereocenters. The van der Waals surface area contributed by atoms with Gasteiger partial charge in [0.25, 0.3) is 0 Å². The Morgan fingerprint density at radius 2 is 2.11 bits per heavy atom. The van der Waals surface area contributed by atoms with Gasteiger partial charge in [-0.2, -0.15) is 0 Å². The predicted molar refractivity (Wildman–Crippen MR) is 39.1 cm³/mol. The second-order valence-electron chi connectivity index (χ2n) is 1.45. The van der Waals surface area contributed by atoms with E-state index in [1.165, 1.54) is 0 Å². The zero-order valence-corrected chi connectivity index (χ0v) is 6.10. The molecular weight excluding hydrogens is 114 g/mol. The van der Waals surface area contributed by atoms with Crippen LogP contribution in [0.5, 0.6) is 0 Å². The van der Waals surface area contributed by atoms with Gasteiger partial charge in [-0.15, -0.1) is 0 Å². The van der Waals surface area contributed by atoms with Crippen molar-refractivity contribution in [2.75, 3.05) is 5.73 Å². The molecule has 9 heavy (non-hydrogen) atoms. The van der Waals surface area contributed by atoms with E-state index in [1.807, 2.05) is 20.8 Å². The number of H-pyrrole nitrogens is 1. The van der Waals surface area contributed by atoms with Crippen LogP contribution in [0.1, 0.15) is 19.5 Å². The SMILES string of the molecule is CC.Cc1cnc(N)[nH]1. The Labute approximate surface area is 55.3 Å². The number of aromatic amines is 1. The third-order valence-corrected chi connectivity index (χ3v) is 0.723. The number of hydrogen-bond acceptors (Lipinski definition) is 2. The molecule has 0 aromatic carbocycles. The minimum absolute atomic E-state index is 0.484. The molecular formula is C6H13N3. The average molecular weight is 127 g/mol.